The Hall–Kier alpha value is -4.16. The van der Waals surface area contributed by atoms with Gasteiger partial charge >= 0.3 is 0 Å². The molecule has 0 aliphatic carbocycles. The maximum Gasteiger partial charge on any atom is 0.261 e. The molecule has 0 saturated heterocycles. The number of rotatable bonds is 10. The predicted molar refractivity (Wildman–Crippen MR) is 141 cm³/mol. The molecule has 0 bridgehead atoms. The van der Waals surface area contributed by atoms with Crippen molar-refractivity contribution >= 4 is 23.4 Å². The molecule has 0 heterocycles. The Bertz CT molecular complexity index is 1320. The van der Waals surface area contributed by atoms with Crippen molar-refractivity contribution in [2.45, 2.75) is 19.1 Å². The first-order valence-corrected chi connectivity index (χ1v) is 12.2. The molecule has 1 unspecified atom stereocenters. The molecule has 4 aromatic carbocycles. The maximum absolute atomic E-state index is 13.6. The van der Waals surface area contributed by atoms with E-state index < -0.39 is 11.9 Å². The Labute approximate surface area is 220 Å². The number of nitrogens with zero attached hydrogens (tertiary/aromatic N) is 1. The van der Waals surface area contributed by atoms with Crippen LogP contribution in [0.2, 0.25) is 5.02 Å². The number of nitrogens with one attached hydrogen (secondary N) is 1. The Morgan fingerprint density at radius 2 is 1.43 bits per heavy atom. The van der Waals surface area contributed by atoms with E-state index in [1.54, 1.807) is 48.5 Å². The van der Waals surface area contributed by atoms with Crippen molar-refractivity contribution in [3.8, 4) is 5.75 Å². The lowest BCUT2D eigenvalue weighted by Gasteiger charge is -2.31. The van der Waals surface area contributed by atoms with Gasteiger partial charge in [-0.3, -0.25) is 9.59 Å². The highest BCUT2D eigenvalue weighted by molar-refractivity contribution is 6.32. The number of para-hydroxylation sites is 1. The molecule has 1 N–H and O–H groups in total. The molecule has 2 amide bonds. The van der Waals surface area contributed by atoms with Crippen molar-refractivity contribution < 1.29 is 18.7 Å². The van der Waals surface area contributed by atoms with Gasteiger partial charge in [0, 0.05) is 13.1 Å². The van der Waals surface area contributed by atoms with E-state index in [9.17, 15) is 14.0 Å². The monoisotopic (exact) mass is 516 g/mol. The Morgan fingerprint density at radius 3 is 2.11 bits per heavy atom. The smallest absolute Gasteiger partial charge is 0.261 e. The Kier molecular flexibility index (Phi) is 8.89. The zero-order valence-corrected chi connectivity index (χ0v) is 20.8. The number of hydrogen-bond donors (Lipinski definition) is 1. The summed E-state index contributed by atoms with van der Waals surface area (Å²) in [7, 11) is 0. The van der Waals surface area contributed by atoms with Crippen LogP contribution < -0.4 is 10.1 Å². The molecule has 0 fully saturated rings. The molecule has 188 valence electrons. The zero-order chi connectivity index (χ0) is 26.0. The fourth-order valence-electron chi connectivity index (χ4n) is 3.88. The molecule has 0 radical (unpaired) electrons. The van der Waals surface area contributed by atoms with Crippen LogP contribution in [0.1, 0.15) is 22.7 Å². The summed E-state index contributed by atoms with van der Waals surface area (Å²) >= 11 is 6.19. The Balaban J connectivity index is 1.63. The quantitative estimate of drug-likeness (QED) is 0.283. The van der Waals surface area contributed by atoms with E-state index in [2.05, 4.69) is 5.32 Å². The van der Waals surface area contributed by atoms with Crippen LogP contribution in [0.25, 0.3) is 0 Å². The molecule has 0 aliphatic heterocycles. The van der Waals surface area contributed by atoms with Gasteiger partial charge in [0.15, 0.2) is 6.61 Å². The van der Waals surface area contributed by atoms with Gasteiger partial charge in [-0.2, -0.15) is 0 Å². The minimum atomic E-state index is -0.947. The minimum absolute atomic E-state index is 0.0727. The van der Waals surface area contributed by atoms with E-state index in [-0.39, 0.29) is 24.9 Å². The van der Waals surface area contributed by atoms with E-state index in [1.807, 2.05) is 48.5 Å². The van der Waals surface area contributed by atoms with Gasteiger partial charge in [-0.25, -0.2) is 4.39 Å². The fourth-order valence-corrected chi connectivity index (χ4v) is 4.07. The lowest BCUT2D eigenvalue weighted by molar-refractivity contribution is -0.143. The molecule has 0 saturated carbocycles. The fraction of sp³-hybridized carbons (Fsp3) is 0.133. The van der Waals surface area contributed by atoms with E-state index in [1.165, 1.54) is 17.0 Å². The number of carbonyl (C=O) groups is 2. The predicted octanol–water partition coefficient (Wildman–Crippen LogP) is 5.94. The number of benzene rings is 4. The summed E-state index contributed by atoms with van der Waals surface area (Å²) < 4.78 is 19.3. The summed E-state index contributed by atoms with van der Waals surface area (Å²) in [5.74, 6) is -0.788. The average Bonchev–Trinajstić information content (AvgIpc) is 2.93. The van der Waals surface area contributed by atoms with Crippen LogP contribution in [-0.2, 0) is 22.7 Å². The van der Waals surface area contributed by atoms with Crippen molar-refractivity contribution in [1.82, 2.24) is 10.2 Å². The Morgan fingerprint density at radius 1 is 0.811 bits per heavy atom. The maximum atomic E-state index is 13.6. The average molecular weight is 517 g/mol. The molecule has 0 aliphatic rings. The van der Waals surface area contributed by atoms with Crippen LogP contribution in [0.4, 0.5) is 4.39 Å². The van der Waals surface area contributed by atoms with E-state index in [0.29, 0.717) is 28.4 Å². The first kappa shape index (κ1) is 25.9. The highest BCUT2D eigenvalue weighted by Gasteiger charge is 2.32. The summed E-state index contributed by atoms with van der Waals surface area (Å²) in [5, 5.41) is 3.33. The number of halogens is 2. The molecule has 1 atom stereocenters. The van der Waals surface area contributed by atoms with E-state index in [4.69, 9.17) is 16.3 Å². The van der Waals surface area contributed by atoms with Gasteiger partial charge in [-0.1, -0.05) is 96.5 Å². The first-order chi connectivity index (χ1) is 18.0. The van der Waals surface area contributed by atoms with Crippen molar-refractivity contribution in [1.29, 1.82) is 0 Å². The van der Waals surface area contributed by atoms with E-state index in [0.717, 1.165) is 5.56 Å². The molecule has 4 rings (SSSR count). The van der Waals surface area contributed by atoms with Crippen LogP contribution >= 0.6 is 11.6 Å². The summed E-state index contributed by atoms with van der Waals surface area (Å²) in [6.45, 7) is 0.0429. The largest absolute Gasteiger partial charge is 0.482 e. The van der Waals surface area contributed by atoms with Gasteiger partial charge in [0.05, 0.1) is 5.02 Å². The molecule has 0 spiro atoms. The van der Waals surface area contributed by atoms with Gasteiger partial charge in [0.2, 0.25) is 5.91 Å². The topological polar surface area (TPSA) is 58.6 Å². The second-order valence-corrected chi connectivity index (χ2v) is 8.79. The molecular weight excluding hydrogens is 491 g/mol. The summed E-state index contributed by atoms with van der Waals surface area (Å²) in [5.41, 5.74) is 2.24. The van der Waals surface area contributed by atoms with Gasteiger partial charge in [-0.05, 0) is 41.0 Å². The molecule has 4 aromatic rings. The van der Waals surface area contributed by atoms with Crippen molar-refractivity contribution in [2.24, 2.45) is 0 Å². The highest BCUT2D eigenvalue weighted by atomic mass is 35.5. The summed E-state index contributed by atoms with van der Waals surface area (Å²) in [6, 6.07) is 30.3. The van der Waals surface area contributed by atoms with Crippen LogP contribution in [0.15, 0.2) is 109 Å². The van der Waals surface area contributed by atoms with Crippen molar-refractivity contribution in [2.75, 3.05) is 6.61 Å². The van der Waals surface area contributed by atoms with Gasteiger partial charge < -0.3 is 15.0 Å². The number of amides is 2. The number of ether oxygens (including phenoxy) is 1. The van der Waals surface area contributed by atoms with E-state index >= 15 is 0 Å². The highest BCUT2D eigenvalue weighted by Crippen LogP contribution is 2.26. The standard InChI is InChI=1S/C30H26ClFN2O3/c31-26-13-7-8-14-27(26)37-21-28(35)34(20-23-15-17-25(32)18-16-23)29(24-11-5-2-6-12-24)30(36)33-19-22-9-3-1-4-10-22/h1-18,29H,19-21H2,(H,33,36). The summed E-state index contributed by atoms with van der Waals surface area (Å²) in [6.07, 6.45) is 0. The molecule has 5 nitrogen and oxygen atoms in total. The molecule has 37 heavy (non-hydrogen) atoms. The zero-order valence-electron chi connectivity index (χ0n) is 20.0. The molecular formula is C30H26ClFN2O3. The second-order valence-electron chi connectivity index (χ2n) is 8.38. The van der Waals surface area contributed by atoms with Crippen LogP contribution in [0.3, 0.4) is 0 Å². The summed E-state index contributed by atoms with van der Waals surface area (Å²) in [4.78, 5) is 28.6. The SMILES string of the molecule is O=C(NCc1ccccc1)C(c1ccccc1)N(Cc1ccc(F)cc1)C(=O)COc1ccccc1Cl. The first-order valence-electron chi connectivity index (χ1n) is 11.8. The van der Waals surface area contributed by atoms with Gasteiger partial charge in [-0.15, -0.1) is 0 Å². The van der Waals surface area contributed by atoms with Crippen LogP contribution in [0, 0.1) is 5.82 Å². The van der Waals surface area contributed by atoms with Crippen LogP contribution in [-0.4, -0.2) is 23.3 Å². The third-order valence-electron chi connectivity index (χ3n) is 5.76. The van der Waals surface area contributed by atoms with Crippen LogP contribution in [0.5, 0.6) is 5.75 Å². The normalized spacial score (nSPS) is 11.4. The number of carbonyl (C=O) groups excluding carboxylic acids is 2. The third kappa shape index (κ3) is 7.18. The minimum Gasteiger partial charge on any atom is -0.482 e. The van der Waals surface area contributed by atoms with Crippen molar-refractivity contribution in [3.63, 3.8) is 0 Å². The van der Waals surface area contributed by atoms with Gasteiger partial charge in [0.25, 0.3) is 5.91 Å². The molecule has 7 heteroatoms. The van der Waals surface area contributed by atoms with Gasteiger partial charge in [0.1, 0.15) is 17.6 Å². The second kappa shape index (κ2) is 12.7. The molecule has 0 aromatic heterocycles. The lowest BCUT2D eigenvalue weighted by atomic mass is 10.0. The van der Waals surface area contributed by atoms with Crippen molar-refractivity contribution in [3.05, 3.63) is 137 Å². The number of hydrogen-bond acceptors (Lipinski definition) is 3. The lowest BCUT2D eigenvalue weighted by Crippen LogP contribution is -2.45. The third-order valence-corrected chi connectivity index (χ3v) is 6.07.